The number of rotatable bonds is 35. The molecule has 6 aliphatic rings. The number of ether oxygens (including phenoxy) is 6. The Bertz CT molecular complexity index is 3270. The molecule has 0 saturated heterocycles. The highest BCUT2D eigenvalue weighted by molar-refractivity contribution is 5.34. The molecule has 6 saturated carbocycles. The van der Waals surface area contributed by atoms with E-state index >= 15 is 0 Å². The highest BCUT2D eigenvalue weighted by atomic mass is 16.5. The number of nitrogens with two attached hydrogens (primary N) is 1. The van der Waals surface area contributed by atoms with Gasteiger partial charge in [0.1, 0.15) is 34.5 Å². The molecular weight excluding hydrogens is 1490 g/mol. The first-order valence-corrected chi connectivity index (χ1v) is 45.8. The minimum absolute atomic E-state index is 0.157. The minimum atomic E-state index is -0.528. The molecule has 18 heteroatoms. The van der Waals surface area contributed by atoms with Crippen LogP contribution in [0.3, 0.4) is 0 Å². The van der Waals surface area contributed by atoms with Crippen LogP contribution in [-0.2, 0) is 0 Å². The molecule has 16 atom stereocenters. The Morgan fingerprint density at radius 3 is 0.788 bits per heavy atom. The van der Waals surface area contributed by atoms with Gasteiger partial charge in [-0.15, -0.1) is 0 Å². The van der Waals surface area contributed by atoms with Gasteiger partial charge in [-0.2, -0.15) is 0 Å². The Morgan fingerprint density at radius 2 is 0.525 bits per heavy atom. The largest absolute Gasteiger partial charge is 0.493 e. The summed E-state index contributed by atoms with van der Waals surface area (Å²) in [5, 5.41) is 108. The normalized spacial score (nSPS) is 23.5. The summed E-state index contributed by atoms with van der Waals surface area (Å²) in [6, 6.07) is 46.3. The second kappa shape index (κ2) is 57.1. The molecule has 12 rings (SSSR count). The Kier molecular flexibility index (Phi) is 47.8. The van der Waals surface area contributed by atoms with E-state index < -0.39 is 30.5 Å². The fourth-order valence-electron chi connectivity index (χ4n) is 16.9. The Morgan fingerprint density at radius 1 is 0.280 bits per heavy atom. The third-order valence-corrected chi connectivity index (χ3v) is 24.0. The van der Waals surface area contributed by atoms with E-state index in [1.54, 1.807) is 0 Å². The van der Waals surface area contributed by atoms with Gasteiger partial charge in [-0.1, -0.05) is 191 Å². The van der Waals surface area contributed by atoms with Crippen LogP contribution < -0.4 is 34.2 Å². The lowest BCUT2D eigenvalue weighted by Crippen LogP contribution is -2.29. The number of benzene rings is 6. The maximum Gasteiger partial charge on any atom is 0.119 e. The highest BCUT2D eigenvalue weighted by Crippen LogP contribution is 2.35. The molecule has 0 spiro atoms. The van der Waals surface area contributed by atoms with Gasteiger partial charge in [0.25, 0.3) is 0 Å². The summed E-state index contributed by atoms with van der Waals surface area (Å²) >= 11 is 0. The molecule has 18 nitrogen and oxygen atoms in total. The molecule has 0 aliphatic heterocycles. The molecule has 660 valence electrons. The first-order valence-electron chi connectivity index (χ1n) is 45.8. The van der Waals surface area contributed by atoms with Gasteiger partial charge in [0.05, 0.1) is 107 Å². The summed E-state index contributed by atoms with van der Waals surface area (Å²) in [4.78, 5) is 0. The Balaban J connectivity index is 0.000000196. The van der Waals surface area contributed by atoms with E-state index in [-0.39, 0.29) is 42.5 Å². The second-order valence-corrected chi connectivity index (χ2v) is 34.4. The smallest absolute Gasteiger partial charge is 0.119 e. The van der Waals surface area contributed by atoms with Crippen molar-refractivity contribution in [1.82, 2.24) is 0 Å². The van der Waals surface area contributed by atoms with E-state index in [1.165, 1.54) is 38.5 Å². The van der Waals surface area contributed by atoms with Crippen LogP contribution in [0.4, 0.5) is 0 Å². The lowest BCUT2D eigenvalue weighted by Gasteiger charge is -2.27. The van der Waals surface area contributed by atoms with E-state index in [0.717, 1.165) is 260 Å². The van der Waals surface area contributed by atoms with Crippen LogP contribution in [0.25, 0.3) is 0 Å². The standard InChI is InChI=1S/4C17H26O3.C16H25NO3.C16H24O2/c3*1-2-5-17(19)14-7-4-9-16(11-14)20-12-13-6-3-8-15(18)10-13;1-2-6-16(18)13-8-5-9-15(11-13)20-12-14-7-3-4-10-17(14)19;17-8-7-16(19)13-4-2-6-15(10-13)20-11-12-3-1-5-14(18)9-12;1-2-16(17)14-9-6-10-15(11-14)18-12-13-7-4-3-5-8-13/h3*4,7,9,11,13,15,17-19H,2-3,5-6,8,10,12H2,1H3;5,8-9,11,14,16-19H,2-4,6-7,10,12H2,1H3;2,4,6,10,12,14,16,18-19H,1,3,5,7-9,11,17H2;6,9-11,13,16-17H,2-5,7-8,12H2,1H3/t13-,15+,17+;13-,15-,17+;13-,15-,17-;14-,16+,17-;12-,14+,16-;/m00101./s1. The first kappa shape index (κ1) is 98.7. The molecule has 0 aromatic heterocycles. The van der Waals surface area contributed by atoms with Gasteiger partial charge >= 0.3 is 0 Å². The van der Waals surface area contributed by atoms with Gasteiger partial charge in [-0.25, -0.2) is 0 Å². The summed E-state index contributed by atoms with van der Waals surface area (Å²) in [6.07, 6.45) is 31.7. The average molecular weight is 1640 g/mol. The number of aliphatic hydroxyl groups is 11. The third kappa shape index (κ3) is 38.4. The van der Waals surface area contributed by atoms with Crippen LogP contribution in [0, 0.1) is 35.5 Å². The first-order chi connectivity index (χ1) is 57.2. The SMILES string of the molecule is CCC(O)c1cccc(OCC2CCCCC2)c1.CCC[C@@H](O)c1cccc(OC[C@@H]2CCCC[C@@H]2O)c1.CCC[C@@H](O)c1cccc(OC[C@@H]2CCC[C@@H](O)C2)c1.CCC[C@@H](O)c1cccc(OC[C@H]2CCC[C@@H](O)C2)c1.CCC[C@@H](O)c1cccc(OC[C@H]2CCC[C@H](O)C2)c1.NCC[C@@H](O)c1cccc(OC[C@@H]2CCC[C@H](O)C2)c1. The molecule has 6 aromatic carbocycles. The predicted molar refractivity (Wildman–Crippen MR) is 471 cm³/mol. The van der Waals surface area contributed by atoms with E-state index in [2.05, 4.69) is 27.7 Å². The fraction of sp³-hybridized carbons (Fsp3) is 0.640. The topological polar surface area (TPSA) is 304 Å². The average Bonchev–Trinajstić information content (AvgIpc) is 0.889. The van der Waals surface area contributed by atoms with Gasteiger partial charge in [0.15, 0.2) is 0 Å². The second-order valence-electron chi connectivity index (χ2n) is 34.4. The summed E-state index contributed by atoms with van der Waals surface area (Å²) in [5.74, 6) is 7.64. The van der Waals surface area contributed by atoms with Crippen molar-refractivity contribution < 1.29 is 84.6 Å². The van der Waals surface area contributed by atoms with Crippen molar-refractivity contribution in [2.75, 3.05) is 46.2 Å². The van der Waals surface area contributed by atoms with Crippen LogP contribution in [0.15, 0.2) is 146 Å². The number of hydrogen-bond acceptors (Lipinski definition) is 18. The molecular formula is C100H153NO17. The van der Waals surface area contributed by atoms with Crippen LogP contribution in [0.1, 0.15) is 329 Å². The maximum absolute atomic E-state index is 10.0. The Hall–Kier alpha value is -6.36. The molecule has 6 aromatic rings. The quantitative estimate of drug-likeness (QED) is 0.0176. The molecule has 0 radical (unpaired) electrons. The van der Waals surface area contributed by atoms with Gasteiger partial charge in [0, 0.05) is 5.92 Å². The summed E-state index contributed by atoms with van der Waals surface area (Å²) in [6.45, 7) is 14.7. The van der Waals surface area contributed by atoms with Crippen LogP contribution in [-0.4, -0.2) is 133 Å². The molecule has 0 amide bonds. The molecule has 6 fully saturated rings. The molecule has 0 heterocycles. The summed E-state index contributed by atoms with van der Waals surface area (Å²) < 4.78 is 35.0. The fourth-order valence-corrected chi connectivity index (χ4v) is 16.9. The molecule has 0 bridgehead atoms. The highest BCUT2D eigenvalue weighted by Gasteiger charge is 2.27. The Labute approximate surface area is 708 Å². The van der Waals surface area contributed by atoms with Gasteiger partial charge in [-0.3, -0.25) is 0 Å². The van der Waals surface area contributed by atoms with E-state index in [9.17, 15) is 56.2 Å². The molecule has 13 N–H and O–H groups in total. The van der Waals surface area contributed by atoms with E-state index in [0.29, 0.717) is 69.7 Å². The van der Waals surface area contributed by atoms with Crippen LogP contribution in [0.5, 0.6) is 34.5 Å². The van der Waals surface area contributed by atoms with Crippen molar-refractivity contribution >= 4 is 0 Å². The monoisotopic (exact) mass is 1640 g/mol. The van der Waals surface area contributed by atoms with Gasteiger partial charge < -0.3 is 90.3 Å². The number of aliphatic hydroxyl groups excluding tert-OH is 11. The van der Waals surface area contributed by atoms with Crippen molar-refractivity contribution in [2.24, 2.45) is 41.2 Å². The van der Waals surface area contributed by atoms with Gasteiger partial charge in [0.2, 0.25) is 0 Å². The van der Waals surface area contributed by atoms with Crippen LogP contribution >= 0.6 is 0 Å². The zero-order valence-electron chi connectivity index (χ0n) is 72.3. The molecule has 1 unspecified atom stereocenters. The molecule has 6 aliphatic carbocycles. The molecule has 118 heavy (non-hydrogen) atoms. The van der Waals surface area contributed by atoms with Crippen molar-refractivity contribution in [3.63, 3.8) is 0 Å². The number of hydrogen-bond donors (Lipinski definition) is 12. The van der Waals surface area contributed by atoms with E-state index in [1.807, 2.05) is 153 Å². The summed E-state index contributed by atoms with van der Waals surface area (Å²) in [7, 11) is 0. The maximum atomic E-state index is 10.0. The minimum Gasteiger partial charge on any atom is -0.493 e. The van der Waals surface area contributed by atoms with Crippen LogP contribution in [0.2, 0.25) is 0 Å². The lowest BCUT2D eigenvalue weighted by atomic mass is 9.87. The zero-order valence-corrected chi connectivity index (χ0v) is 72.3. The third-order valence-electron chi connectivity index (χ3n) is 24.0. The van der Waals surface area contributed by atoms with Crippen molar-refractivity contribution in [3.8, 4) is 34.5 Å². The zero-order chi connectivity index (χ0) is 84.7. The van der Waals surface area contributed by atoms with Crippen molar-refractivity contribution in [3.05, 3.63) is 179 Å². The van der Waals surface area contributed by atoms with Gasteiger partial charge in [-0.05, 0) is 284 Å². The van der Waals surface area contributed by atoms with Crippen molar-refractivity contribution in [2.45, 2.75) is 326 Å². The predicted octanol–water partition coefficient (Wildman–Crippen LogP) is 19.9. The van der Waals surface area contributed by atoms with Crippen molar-refractivity contribution in [1.29, 1.82) is 0 Å². The van der Waals surface area contributed by atoms with E-state index in [4.69, 9.17) is 34.2 Å². The lowest BCUT2D eigenvalue weighted by molar-refractivity contribution is 0.0421. The summed E-state index contributed by atoms with van der Waals surface area (Å²) in [5.41, 5.74) is 10.9.